The van der Waals surface area contributed by atoms with Crippen molar-refractivity contribution >= 4 is 34.2 Å². The van der Waals surface area contributed by atoms with Gasteiger partial charge in [0.15, 0.2) is 0 Å². The van der Waals surface area contributed by atoms with Crippen molar-refractivity contribution in [2.75, 3.05) is 18.0 Å². The minimum absolute atomic E-state index is 0.0689. The zero-order valence-electron chi connectivity index (χ0n) is 9.95. The van der Waals surface area contributed by atoms with Crippen molar-refractivity contribution in [3.63, 3.8) is 0 Å². The van der Waals surface area contributed by atoms with Crippen molar-refractivity contribution in [1.82, 2.24) is 5.32 Å². The van der Waals surface area contributed by atoms with Gasteiger partial charge >= 0.3 is 0 Å². The van der Waals surface area contributed by atoms with Crippen molar-refractivity contribution in [2.24, 2.45) is 0 Å². The Morgan fingerprint density at radius 2 is 2.12 bits per heavy atom. The maximum absolute atomic E-state index is 11.1. The molecule has 92 valence electrons. The molecule has 0 aliphatic carbocycles. The maximum atomic E-state index is 11.1. The highest BCUT2D eigenvalue weighted by Gasteiger charge is 2.20. The number of benzene rings is 1. The largest absolute Gasteiger partial charge is 0.369 e. The number of anilines is 1. The molecule has 1 unspecified atom stereocenters. The van der Waals surface area contributed by atoms with Crippen molar-refractivity contribution < 1.29 is 4.79 Å². The Labute approximate surface area is 116 Å². The average Bonchev–Trinajstić information content (AvgIpc) is 2.29. The lowest BCUT2D eigenvalue weighted by molar-refractivity contribution is -0.119. The van der Waals surface area contributed by atoms with Gasteiger partial charge in [0.25, 0.3) is 0 Å². The van der Waals surface area contributed by atoms with E-state index in [1.54, 1.807) is 6.92 Å². The molecule has 1 aliphatic heterocycles. The number of nitrogens with zero attached hydrogens (tertiary/aromatic N) is 1. The number of carbonyl (C=O) groups is 1. The van der Waals surface area contributed by atoms with E-state index in [2.05, 4.69) is 57.1 Å². The summed E-state index contributed by atoms with van der Waals surface area (Å²) in [7, 11) is 0. The normalized spacial score (nSPS) is 20.1. The van der Waals surface area contributed by atoms with Gasteiger partial charge in [-0.15, -0.1) is 0 Å². The predicted molar refractivity (Wildman–Crippen MR) is 78.2 cm³/mol. The number of carbonyl (C=O) groups excluding carboxylic acids is 1. The van der Waals surface area contributed by atoms with E-state index in [0.717, 1.165) is 25.9 Å². The summed E-state index contributed by atoms with van der Waals surface area (Å²) in [5.74, 6) is 0.0689. The molecule has 2 rings (SSSR count). The Bertz CT molecular complexity index is 391. The van der Waals surface area contributed by atoms with Crippen LogP contribution in [0.15, 0.2) is 24.3 Å². The van der Waals surface area contributed by atoms with Crippen LogP contribution < -0.4 is 10.2 Å². The minimum atomic E-state index is 0.0689. The van der Waals surface area contributed by atoms with Crippen LogP contribution in [0, 0.1) is 3.57 Å². The lowest BCUT2D eigenvalue weighted by Crippen LogP contribution is -2.47. The second-order valence-corrected chi connectivity index (χ2v) is 5.71. The standard InChI is InChI=1S/C13H17IN2O/c1-10(17)15-12-3-2-8-16(9-12)13-6-4-11(14)5-7-13/h4-7,12H,2-3,8-9H2,1H3,(H,15,17). The van der Waals surface area contributed by atoms with Crippen LogP contribution in [0.3, 0.4) is 0 Å². The first-order valence-electron chi connectivity index (χ1n) is 5.93. The van der Waals surface area contributed by atoms with Gasteiger partial charge in [-0.25, -0.2) is 0 Å². The van der Waals surface area contributed by atoms with E-state index < -0.39 is 0 Å². The van der Waals surface area contributed by atoms with E-state index in [9.17, 15) is 4.79 Å². The maximum Gasteiger partial charge on any atom is 0.217 e. The molecule has 1 aromatic carbocycles. The van der Waals surface area contributed by atoms with Gasteiger partial charge in [-0.1, -0.05) is 0 Å². The molecule has 1 aliphatic rings. The highest BCUT2D eigenvalue weighted by molar-refractivity contribution is 14.1. The molecule has 0 saturated carbocycles. The van der Waals surface area contributed by atoms with Crippen LogP contribution in [0.25, 0.3) is 0 Å². The molecule has 3 nitrogen and oxygen atoms in total. The first-order valence-corrected chi connectivity index (χ1v) is 7.00. The van der Waals surface area contributed by atoms with E-state index in [1.165, 1.54) is 9.26 Å². The van der Waals surface area contributed by atoms with Crippen molar-refractivity contribution in [2.45, 2.75) is 25.8 Å². The lowest BCUT2D eigenvalue weighted by atomic mass is 10.0. The van der Waals surface area contributed by atoms with Crippen molar-refractivity contribution in [3.8, 4) is 0 Å². The van der Waals surface area contributed by atoms with Crippen molar-refractivity contribution in [1.29, 1.82) is 0 Å². The number of hydrogen-bond donors (Lipinski definition) is 1. The SMILES string of the molecule is CC(=O)NC1CCCN(c2ccc(I)cc2)C1. The minimum Gasteiger partial charge on any atom is -0.369 e. The third-order valence-corrected chi connectivity index (χ3v) is 3.74. The highest BCUT2D eigenvalue weighted by atomic mass is 127. The summed E-state index contributed by atoms with van der Waals surface area (Å²) in [4.78, 5) is 13.4. The molecule has 0 aromatic heterocycles. The third-order valence-electron chi connectivity index (χ3n) is 3.02. The zero-order valence-corrected chi connectivity index (χ0v) is 12.1. The lowest BCUT2D eigenvalue weighted by Gasteiger charge is -2.34. The van der Waals surface area contributed by atoms with Crippen LogP contribution in [-0.4, -0.2) is 25.0 Å². The fraction of sp³-hybridized carbons (Fsp3) is 0.462. The van der Waals surface area contributed by atoms with E-state index in [1.807, 2.05) is 0 Å². The molecule has 0 bridgehead atoms. The summed E-state index contributed by atoms with van der Waals surface area (Å²) in [6, 6.07) is 8.84. The zero-order chi connectivity index (χ0) is 12.3. The molecule has 1 amide bonds. The van der Waals surface area contributed by atoms with E-state index >= 15 is 0 Å². The number of rotatable bonds is 2. The Balaban J connectivity index is 2.01. The third kappa shape index (κ3) is 3.59. The predicted octanol–water partition coefficient (Wildman–Crippen LogP) is 2.40. The monoisotopic (exact) mass is 344 g/mol. The van der Waals surface area contributed by atoms with Crippen LogP contribution >= 0.6 is 22.6 Å². The van der Waals surface area contributed by atoms with Gasteiger partial charge in [0, 0.05) is 35.3 Å². The van der Waals surface area contributed by atoms with Crippen LogP contribution in [0.1, 0.15) is 19.8 Å². The van der Waals surface area contributed by atoms with Crippen LogP contribution in [0.4, 0.5) is 5.69 Å². The topological polar surface area (TPSA) is 32.3 Å². The highest BCUT2D eigenvalue weighted by Crippen LogP contribution is 2.21. The summed E-state index contributed by atoms with van der Waals surface area (Å²) in [6.45, 7) is 3.58. The smallest absolute Gasteiger partial charge is 0.217 e. The molecular formula is C13H17IN2O. The second kappa shape index (κ2) is 5.71. The van der Waals surface area contributed by atoms with Gasteiger partial charge in [-0.2, -0.15) is 0 Å². The molecule has 1 aromatic rings. The Morgan fingerprint density at radius 1 is 1.41 bits per heavy atom. The van der Waals surface area contributed by atoms with E-state index in [4.69, 9.17) is 0 Å². The molecule has 1 heterocycles. The molecule has 1 fully saturated rings. The molecule has 0 radical (unpaired) electrons. The van der Waals surface area contributed by atoms with Crippen LogP contribution in [0.2, 0.25) is 0 Å². The number of hydrogen-bond acceptors (Lipinski definition) is 2. The molecule has 1 atom stereocenters. The molecule has 17 heavy (non-hydrogen) atoms. The van der Waals surface area contributed by atoms with Crippen molar-refractivity contribution in [3.05, 3.63) is 27.8 Å². The molecule has 1 saturated heterocycles. The summed E-state index contributed by atoms with van der Waals surface area (Å²) in [5.41, 5.74) is 1.25. The molecular weight excluding hydrogens is 327 g/mol. The van der Waals surface area contributed by atoms with Gasteiger partial charge in [-0.3, -0.25) is 4.79 Å². The molecule has 4 heteroatoms. The first kappa shape index (κ1) is 12.7. The fourth-order valence-electron chi connectivity index (χ4n) is 2.27. The van der Waals surface area contributed by atoms with E-state index in [-0.39, 0.29) is 5.91 Å². The molecule has 1 N–H and O–H groups in total. The summed E-state index contributed by atoms with van der Waals surface area (Å²) >= 11 is 2.31. The summed E-state index contributed by atoms with van der Waals surface area (Å²) in [6.07, 6.45) is 2.22. The fourth-order valence-corrected chi connectivity index (χ4v) is 2.63. The van der Waals surface area contributed by atoms with Gasteiger partial charge in [0.2, 0.25) is 5.91 Å². The van der Waals surface area contributed by atoms with E-state index in [0.29, 0.717) is 6.04 Å². The Morgan fingerprint density at radius 3 is 2.76 bits per heavy atom. The summed E-state index contributed by atoms with van der Waals surface area (Å²) < 4.78 is 1.25. The Hall–Kier alpha value is -0.780. The van der Waals surface area contributed by atoms with Gasteiger partial charge in [0.1, 0.15) is 0 Å². The van der Waals surface area contributed by atoms with Crippen LogP contribution in [0.5, 0.6) is 0 Å². The first-order chi connectivity index (χ1) is 8.15. The number of piperidine rings is 1. The van der Waals surface area contributed by atoms with Crippen LogP contribution in [-0.2, 0) is 4.79 Å². The van der Waals surface area contributed by atoms with Gasteiger partial charge in [0.05, 0.1) is 0 Å². The van der Waals surface area contributed by atoms with Gasteiger partial charge in [-0.05, 0) is 59.7 Å². The number of nitrogens with one attached hydrogen (secondary N) is 1. The number of halogens is 1. The summed E-state index contributed by atoms with van der Waals surface area (Å²) in [5, 5.41) is 3.01. The molecule has 0 spiro atoms. The number of amides is 1. The second-order valence-electron chi connectivity index (χ2n) is 4.46. The average molecular weight is 344 g/mol. The quantitative estimate of drug-likeness (QED) is 0.836. The van der Waals surface area contributed by atoms with Gasteiger partial charge < -0.3 is 10.2 Å². The Kier molecular flexibility index (Phi) is 4.25.